The highest BCUT2D eigenvalue weighted by Crippen LogP contribution is 2.20. The Hall–Kier alpha value is -1.91. The summed E-state index contributed by atoms with van der Waals surface area (Å²) >= 11 is 0. The fraction of sp³-hybridized carbons (Fsp3) is 0.533. The van der Waals surface area contributed by atoms with Gasteiger partial charge in [0.05, 0.1) is 4.92 Å². The van der Waals surface area contributed by atoms with Crippen LogP contribution in [0.1, 0.15) is 43.6 Å². The molecule has 5 heteroatoms. The van der Waals surface area contributed by atoms with Gasteiger partial charge in [0.15, 0.2) is 0 Å². The number of nitro benzene ring substituents is 1. The first-order valence-corrected chi connectivity index (χ1v) is 6.80. The van der Waals surface area contributed by atoms with Gasteiger partial charge in [0.2, 0.25) is 0 Å². The highest BCUT2D eigenvalue weighted by molar-refractivity contribution is 5.95. The number of rotatable bonds is 5. The van der Waals surface area contributed by atoms with Crippen molar-refractivity contribution in [2.45, 2.75) is 40.7 Å². The summed E-state index contributed by atoms with van der Waals surface area (Å²) in [5, 5.41) is 13.9. The van der Waals surface area contributed by atoms with Gasteiger partial charge >= 0.3 is 0 Å². The van der Waals surface area contributed by atoms with E-state index in [1.165, 1.54) is 6.07 Å². The number of carbonyl (C=O) groups is 1. The van der Waals surface area contributed by atoms with Gasteiger partial charge < -0.3 is 5.32 Å². The molecule has 0 aliphatic rings. The zero-order chi connectivity index (χ0) is 15.4. The number of aryl methyl sites for hydroxylation is 1. The zero-order valence-electron chi connectivity index (χ0n) is 12.6. The van der Waals surface area contributed by atoms with E-state index in [-0.39, 0.29) is 17.6 Å². The van der Waals surface area contributed by atoms with Crippen LogP contribution in [-0.2, 0) is 0 Å². The number of carbonyl (C=O) groups excluding carboxylic acids is 1. The minimum absolute atomic E-state index is 0.0247. The molecule has 20 heavy (non-hydrogen) atoms. The largest absolute Gasteiger partial charge is 0.349 e. The molecule has 1 aromatic rings. The molecule has 0 fully saturated rings. The Morgan fingerprint density at radius 1 is 1.20 bits per heavy atom. The van der Waals surface area contributed by atoms with Crippen molar-refractivity contribution in [3.05, 3.63) is 39.4 Å². The average molecular weight is 278 g/mol. The molecule has 0 aliphatic carbocycles. The van der Waals surface area contributed by atoms with E-state index >= 15 is 0 Å². The van der Waals surface area contributed by atoms with E-state index < -0.39 is 4.92 Å². The van der Waals surface area contributed by atoms with Crippen molar-refractivity contribution in [2.24, 2.45) is 11.8 Å². The first-order valence-electron chi connectivity index (χ1n) is 6.80. The van der Waals surface area contributed by atoms with Gasteiger partial charge in [-0.3, -0.25) is 14.9 Å². The van der Waals surface area contributed by atoms with Crippen LogP contribution in [0.2, 0.25) is 0 Å². The van der Waals surface area contributed by atoms with Gasteiger partial charge in [0.25, 0.3) is 11.6 Å². The van der Waals surface area contributed by atoms with Crippen LogP contribution in [0.5, 0.6) is 0 Å². The topological polar surface area (TPSA) is 72.2 Å². The number of nitro groups is 1. The van der Waals surface area contributed by atoms with Gasteiger partial charge in [-0.05, 0) is 24.8 Å². The van der Waals surface area contributed by atoms with Gasteiger partial charge in [0, 0.05) is 23.2 Å². The number of amides is 1. The highest BCUT2D eigenvalue weighted by Gasteiger charge is 2.21. The Morgan fingerprint density at radius 3 is 2.20 bits per heavy atom. The summed E-state index contributed by atoms with van der Waals surface area (Å²) in [7, 11) is 0. The number of hydrogen-bond acceptors (Lipinski definition) is 3. The van der Waals surface area contributed by atoms with Gasteiger partial charge in [0.1, 0.15) is 0 Å². The number of nitrogens with zero attached hydrogens (tertiary/aromatic N) is 1. The summed E-state index contributed by atoms with van der Waals surface area (Å²) in [6.45, 7) is 9.83. The molecule has 0 saturated carbocycles. The van der Waals surface area contributed by atoms with E-state index in [1.807, 2.05) is 27.7 Å². The fourth-order valence-corrected chi connectivity index (χ4v) is 2.29. The van der Waals surface area contributed by atoms with Gasteiger partial charge in [-0.15, -0.1) is 0 Å². The quantitative estimate of drug-likeness (QED) is 0.663. The third-order valence-corrected chi connectivity index (χ3v) is 3.40. The maximum absolute atomic E-state index is 12.2. The Kier molecular flexibility index (Phi) is 5.25. The second-order valence-corrected chi connectivity index (χ2v) is 5.75. The molecule has 0 aliphatic heterocycles. The molecule has 0 heterocycles. The van der Waals surface area contributed by atoms with Crippen LogP contribution in [0.4, 0.5) is 5.69 Å². The lowest BCUT2D eigenvalue weighted by atomic mass is 9.93. The van der Waals surface area contributed by atoms with E-state index in [9.17, 15) is 14.9 Å². The molecule has 0 atom stereocenters. The van der Waals surface area contributed by atoms with Crippen LogP contribution in [-0.4, -0.2) is 16.9 Å². The van der Waals surface area contributed by atoms with Crippen LogP contribution in [0.25, 0.3) is 0 Å². The molecule has 1 amide bonds. The smallest absolute Gasteiger partial charge is 0.273 e. The van der Waals surface area contributed by atoms with E-state index in [2.05, 4.69) is 5.32 Å². The lowest BCUT2D eigenvalue weighted by Gasteiger charge is -2.26. The predicted octanol–water partition coefficient (Wildman–Crippen LogP) is 3.31. The van der Waals surface area contributed by atoms with Gasteiger partial charge in [-0.1, -0.05) is 33.8 Å². The van der Waals surface area contributed by atoms with Crippen LogP contribution < -0.4 is 5.32 Å². The first kappa shape index (κ1) is 16.1. The predicted molar refractivity (Wildman–Crippen MR) is 78.8 cm³/mol. The maximum Gasteiger partial charge on any atom is 0.273 e. The van der Waals surface area contributed by atoms with Gasteiger partial charge in [-0.25, -0.2) is 0 Å². The number of nitrogens with one attached hydrogen (secondary N) is 1. The van der Waals surface area contributed by atoms with Crippen molar-refractivity contribution in [3.63, 3.8) is 0 Å². The van der Waals surface area contributed by atoms with Crippen LogP contribution in [0, 0.1) is 28.9 Å². The maximum atomic E-state index is 12.2. The third-order valence-electron chi connectivity index (χ3n) is 3.40. The van der Waals surface area contributed by atoms with Crippen molar-refractivity contribution in [1.29, 1.82) is 0 Å². The molecular weight excluding hydrogens is 256 g/mol. The molecule has 0 aromatic heterocycles. The standard InChI is InChI=1S/C15H22N2O3/c1-9(2)14(10(3)4)16-15(18)12-7-6-11(5)13(8-12)17(19)20/h6-10,14H,1-5H3,(H,16,18). The Labute approximate surface area is 119 Å². The van der Waals surface area contributed by atoms with Crippen molar-refractivity contribution in [3.8, 4) is 0 Å². The first-order chi connectivity index (χ1) is 9.23. The molecule has 1 aromatic carbocycles. The van der Waals surface area contributed by atoms with Crippen molar-refractivity contribution in [2.75, 3.05) is 0 Å². The second-order valence-electron chi connectivity index (χ2n) is 5.75. The summed E-state index contributed by atoms with van der Waals surface area (Å²) < 4.78 is 0. The van der Waals surface area contributed by atoms with Gasteiger partial charge in [-0.2, -0.15) is 0 Å². The van der Waals surface area contributed by atoms with E-state index in [0.29, 0.717) is 23.0 Å². The van der Waals surface area contributed by atoms with Crippen molar-refractivity contribution >= 4 is 11.6 Å². The van der Waals surface area contributed by atoms with E-state index in [0.717, 1.165) is 0 Å². The van der Waals surface area contributed by atoms with Crippen LogP contribution in [0.15, 0.2) is 18.2 Å². The Morgan fingerprint density at radius 2 is 1.75 bits per heavy atom. The van der Waals surface area contributed by atoms with Crippen molar-refractivity contribution in [1.82, 2.24) is 5.32 Å². The van der Waals surface area contributed by atoms with E-state index in [4.69, 9.17) is 0 Å². The Balaban J connectivity index is 2.98. The lowest BCUT2D eigenvalue weighted by molar-refractivity contribution is -0.385. The second kappa shape index (κ2) is 6.50. The molecule has 110 valence electrons. The molecular formula is C15H22N2O3. The van der Waals surface area contributed by atoms with Crippen molar-refractivity contribution < 1.29 is 9.72 Å². The zero-order valence-corrected chi connectivity index (χ0v) is 12.6. The fourth-order valence-electron chi connectivity index (χ4n) is 2.29. The average Bonchev–Trinajstić information content (AvgIpc) is 2.34. The summed E-state index contributed by atoms with van der Waals surface area (Å²) in [5.74, 6) is 0.347. The SMILES string of the molecule is Cc1ccc(C(=O)NC(C(C)C)C(C)C)cc1[N+](=O)[O-]. The molecule has 5 nitrogen and oxygen atoms in total. The monoisotopic (exact) mass is 278 g/mol. The summed E-state index contributed by atoms with van der Waals surface area (Å²) in [6.07, 6.45) is 0. The highest BCUT2D eigenvalue weighted by atomic mass is 16.6. The minimum Gasteiger partial charge on any atom is -0.349 e. The minimum atomic E-state index is -0.464. The number of benzene rings is 1. The summed E-state index contributed by atoms with van der Waals surface area (Å²) in [5.41, 5.74) is 0.854. The Bertz CT molecular complexity index is 502. The normalized spacial score (nSPS) is 11.2. The third kappa shape index (κ3) is 3.79. The lowest BCUT2D eigenvalue weighted by Crippen LogP contribution is -2.42. The number of hydrogen-bond donors (Lipinski definition) is 1. The molecule has 0 spiro atoms. The molecule has 0 unspecified atom stereocenters. The summed E-state index contributed by atoms with van der Waals surface area (Å²) in [4.78, 5) is 22.7. The van der Waals surface area contributed by atoms with Crippen LogP contribution in [0.3, 0.4) is 0 Å². The molecule has 0 bridgehead atoms. The van der Waals surface area contributed by atoms with E-state index in [1.54, 1.807) is 19.1 Å². The molecule has 1 N–H and O–H groups in total. The van der Waals surface area contributed by atoms with Crippen LogP contribution >= 0.6 is 0 Å². The summed E-state index contributed by atoms with van der Waals surface area (Å²) in [6, 6.07) is 4.60. The molecule has 0 radical (unpaired) electrons. The molecule has 0 saturated heterocycles. The molecule has 1 rings (SSSR count).